The number of pyridine rings is 1. The van der Waals surface area contributed by atoms with Crippen molar-refractivity contribution in [2.45, 2.75) is 0 Å². The van der Waals surface area contributed by atoms with Gasteiger partial charge >= 0.3 is 0 Å². The Morgan fingerprint density at radius 3 is 1.55 bits per heavy atom. The summed E-state index contributed by atoms with van der Waals surface area (Å²) < 4.78 is 2.18. The monoisotopic (exact) mass is 767 g/mol. The van der Waals surface area contributed by atoms with Crippen molar-refractivity contribution in [3.05, 3.63) is 225 Å². The van der Waals surface area contributed by atoms with E-state index < -0.39 is 0 Å². The average molecular weight is 768 g/mol. The third-order valence-electron chi connectivity index (χ3n) is 11.2. The van der Waals surface area contributed by atoms with Gasteiger partial charge in [-0.2, -0.15) is 0 Å². The maximum absolute atomic E-state index is 5.18. The molecule has 0 unspecified atom stereocenters. The molecular weight excluding hydrogens is 731 g/mol. The molecule has 11 rings (SSSR count). The van der Waals surface area contributed by atoms with Crippen molar-refractivity contribution >= 4 is 44.4 Å². The van der Waals surface area contributed by atoms with E-state index in [1.54, 1.807) is 0 Å². The lowest BCUT2D eigenvalue weighted by molar-refractivity contribution is 1.19. The SMILES string of the molecule is c1ccc(-c2nc3ccccn3c2-c2ccc(N(c3ccccc3)c3ccc(-c4ccc(-c5nc(-c6ccccc6)c6ccc7ccccc7c6n5)cc4)cc3)cc2)cc1. The van der Waals surface area contributed by atoms with Crippen molar-refractivity contribution in [2.75, 3.05) is 4.90 Å². The second-order valence-corrected chi connectivity index (χ2v) is 14.9. The van der Waals surface area contributed by atoms with Crippen molar-refractivity contribution in [1.29, 1.82) is 0 Å². The van der Waals surface area contributed by atoms with Crippen LogP contribution < -0.4 is 4.90 Å². The number of anilines is 3. The fraction of sp³-hybridized carbons (Fsp3) is 0. The molecule has 0 N–H and O–H groups in total. The lowest BCUT2D eigenvalue weighted by Gasteiger charge is -2.26. The van der Waals surface area contributed by atoms with E-state index in [-0.39, 0.29) is 0 Å². The van der Waals surface area contributed by atoms with Crippen molar-refractivity contribution in [3.63, 3.8) is 0 Å². The van der Waals surface area contributed by atoms with Gasteiger partial charge in [0.15, 0.2) is 5.82 Å². The van der Waals surface area contributed by atoms with Gasteiger partial charge in [0.05, 0.1) is 22.6 Å². The van der Waals surface area contributed by atoms with Gasteiger partial charge in [-0.05, 0) is 71.1 Å². The Labute approximate surface area is 348 Å². The van der Waals surface area contributed by atoms with Crippen LogP contribution >= 0.6 is 0 Å². The molecule has 0 bridgehead atoms. The first-order valence-corrected chi connectivity index (χ1v) is 20.2. The van der Waals surface area contributed by atoms with Crippen LogP contribution in [-0.4, -0.2) is 19.4 Å². The quantitative estimate of drug-likeness (QED) is 0.144. The molecule has 3 heterocycles. The van der Waals surface area contributed by atoms with Gasteiger partial charge in [-0.25, -0.2) is 15.0 Å². The third kappa shape index (κ3) is 6.35. The zero-order valence-corrected chi connectivity index (χ0v) is 32.6. The maximum Gasteiger partial charge on any atom is 0.160 e. The molecule has 0 saturated carbocycles. The van der Waals surface area contributed by atoms with Gasteiger partial charge in [0, 0.05) is 56.3 Å². The Kier molecular flexibility index (Phi) is 8.75. The predicted octanol–water partition coefficient (Wildman–Crippen LogP) is 14.2. The van der Waals surface area contributed by atoms with Crippen LogP contribution in [0, 0.1) is 0 Å². The first-order chi connectivity index (χ1) is 29.7. The molecule has 0 aliphatic rings. The van der Waals surface area contributed by atoms with E-state index in [9.17, 15) is 0 Å². The van der Waals surface area contributed by atoms with E-state index in [4.69, 9.17) is 15.0 Å². The highest BCUT2D eigenvalue weighted by molar-refractivity contribution is 6.09. The highest BCUT2D eigenvalue weighted by atomic mass is 15.1. The van der Waals surface area contributed by atoms with Crippen molar-refractivity contribution in [1.82, 2.24) is 19.4 Å². The normalized spacial score (nSPS) is 11.3. The summed E-state index contributed by atoms with van der Waals surface area (Å²) in [5, 5.41) is 3.33. The van der Waals surface area contributed by atoms with Gasteiger partial charge in [0.2, 0.25) is 0 Å². The summed E-state index contributed by atoms with van der Waals surface area (Å²) in [6.07, 6.45) is 2.09. The fourth-order valence-electron chi connectivity index (χ4n) is 8.29. The highest BCUT2D eigenvalue weighted by Gasteiger charge is 2.19. The minimum absolute atomic E-state index is 0.710. The topological polar surface area (TPSA) is 46.3 Å². The van der Waals surface area contributed by atoms with Crippen molar-refractivity contribution in [2.24, 2.45) is 0 Å². The molecule has 0 fully saturated rings. The average Bonchev–Trinajstić information content (AvgIpc) is 3.72. The highest BCUT2D eigenvalue weighted by Crippen LogP contribution is 2.39. The molecule has 0 aliphatic carbocycles. The van der Waals surface area contributed by atoms with Gasteiger partial charge in [-0.1, -0.05) is 164 Å². The van der Waals surface area contributed by atoms with Crippen LogP contribution in [0.4, 0.5) is 17.1 Å². The van der Waals surface area contributed by atoms with Gasteiger partial charge in [0.1, 0.15) is 5.65 Å². The van der Waals surface area contributed by atoms with Crippen LogP contribution in [-0.2, 0) is 0 Å². The van der Waals surface area contributed by atoms with Crippen molar-refractivity contribution < 1.29 is 0 Å². The predicted molar refractivity (Wildman–Crippen MR) is 248 cm³/mol. The lowest BCUT2D eigenvalue weighted by atomic mass is 10.0. The number of rotatable bonds is 8. The maximum atomic E-state index is 5.18. The number of imidazole rings is 1. The molecule has 11 aromatic rings. The van der Waals surface area contributed by atoms with E-state index in [1.165, 1.54) is 0 Å². The molecule has 3 aromatic heterocycles. The molecule has 0 amide bonds. The van der Waals surface area contributed by atoms with Crippen LogP contribution in [0.5, 0.6) is 0 Å². The van der Waals surface area contributed by atoms with E-state index in [0.717, 1.165) is 94.8 Å². The first kappa shape index (κ1) is 35.0. The van der Waals surface area contributed by atoms with Crippen LogP contribution in [0.1, 0.15) is 0 Å². The Hall–Kier alpha value is -8.15. The summed E-state index contributed by atoms with van der Waals surface area (Å²) in [6.45, 7) is 0. The Morgan fingerprint density at radius 2 is 0.867 bits per heavy atom. The minimum atomic E-state index is 0.710. The Balaban J connectivity index is 0.925. The molecule has 0 aliphatic heterocycles. The van der Waals surface area contributed by atoms with E-state index >= 15 is 0 Å². The molecule has 0 radical (unpaired) electrons. The van der Waals surface area contributed by atoms with Gasteiger partial charge in [-0.15, -0.1) is 0 Å². The van der Waals surface area contributed by atoms with Crippen molar-refractivity contribution in [3.8, 4) is 56.3 Å². The zero-order valence-electron chi connectivity index (χ0n) is 32.6. The number of benzene rings is 8. The number of aromatic nitrogens is 4. The van der Waals surface area contributed by atoms with Gasteiger partial charge in [0.25, 0.3) is 0 Å². The van der Waals surface area contributed by atoms with Crippen LogP contribution in [0.2, 0.25) is 0 Å². The van der Waals surface area contributed by atoms with Gasteiger partial charge < -0.3 is 4.90 Å². The summed E-state index contributed by atoms with van der Waals surface area (Å²) in [6, 6.07) is 76.4. The van der Waals surface area contributed by atoms with E-state index in [0.29, 0.717) is 5.82 Å². The third-order valence-corrected chi connectivity index (χ3v) is 11.2. The second kappa shape index (κ2) is 15.0. The van der Waals surface area contributed by atoms with Crippen LogP contribution in [0.3, 0.4) is 0 Å². The number of hydrogen-bond acceptors (Lipinski definition) is 4. The number of hydrogen-bond donors (Lipinski definition) is 0. The summed E-state index contributed by atoms with van der Waals surface area (Å²) in [4.78, 5) is 17.7. The fourth-order valence-corrected chi connectivity index (χ4v) is 8.29. The summed E-state index contributed by atoms with van der Waals surface area (Å²) >= 11 is 0. The Bertz CT molecular complexity index is 3270. The summed E-state index contributed by atoms with van der Waals surface area (Å²) in [5.41, 5.74) is 14.6. The molecule has 8 aromatic carbocycles. The Morgan fingerprint density at radius 1 is 0.333 bits per heavy atom. The standard InChI is InChI=1S/C55H37N5/c1-4-15-41(16-5-1)51-49-36-31-40-14-10-11-21-48(40)53(49)58-55(57-51)44-25-23-38(24-26-44)39-27-32-46(33-28-39)60(45-19-8-3-9-20-45)47-34-29-43(30-35-47)54-52(42-17-6-2-7-18-42)56-50-22-12-13-37-59(50)54/h1-37H. The smallest absolute Gasteiger partial charge is 0.160 e. The molecule has 0 saturated heterocycles. The molecular formula is C55H37N5. The van der Waals surface area contributed by atoms with E-state index in [1.807, 2.05) is 18.2 Å². The number of fused-ring (bicyclic) bond motifs is 4. The zero-order chi connectivity index (χ0) is 39.8. The number of para-hydroxylation sites is 1. The summed E-state index contributed by atoms with van der Waals surface area (Å²) in [7, 11) is 0. The van der Waals surface area contributed by atoms with E-state index in [2.05, 4.69) is 216 Å². The van der Waals surface area contributed by atoms with Gasteiger partial charge in [-0.3, -0.25) is 4.40 Å². The molecule has 5 heteroatoms. The largest absolute Gasteiger partial charge is 0.311 e. The first-order valence-electron chi connectivity index (χ1n) is 20.2. The number of nitrogens with zero attached hydrogens (tertiary/aromatic N) is 5. The van der Waals surface area contributed by atoms with Crippen LogP contribution in [0.15, 0.2) is 225 Å². The molecule has 0 atom stereocenters. The second-order valence-electron chi connectivity index (χ2n) is 14.9. The molecule has 60 heavy (non-hydrogen) atoms. The molecule has 0 spiro atoms. The van der Waals surface area contributed by atoms with Crippen LogP contribution in [0.25, 0.3) is 83.6 Å². The molecule has 282 valence electrons. The molecule has 5 nitrogen and oxygen atoms in total. The lowest BCUT2D eigenvalue weighted by Crippen LogP contribution is -2.09. The minimum Gasteiger partial charge on any atom is -0.311 e. The summed E-state index contributed by atoms with van der Waals surface area (Å²) in [5.74, 6) is 0.710.